The predicted molar refractivity (Wildman–Crippen MR) is 77.7 cm³/mol. The third-order valence-electron chi connectivity index (χ3n) is 4.16. The van der Waals surface area contributed by atoms with E-state index in [1.165, 1.54) is 45.6 Å². The lowest BCUT2D eigenvalue weighted by atomic mass is 9.87. The average Bonchev–Trinajstić information content (AvgIpc) is 3.08. The number of rotatable bonds is 5. The molecule has 1 unspecified atom stereocenters. The van der Waals surface area contributed by atoms with Crippen molar-refractivity contribution < 1.29 is 0 Å². The van der Waals surface area contributed by atoms with Gasteiger partial charge in [-0.1, -0.05) is 20.8 Å². The van der Waals surface area contributed by atoms with Crippen LogP contribution in [0, 0.1) is 5.41 Å². The highest BCUT2D eigenvalue weighted by Crippen LogP contribution is 2.27. The van der Waals surface area contributed by atoms with E-state index in [9.17, 15) is 0 Å². The largest absolute Gasteiger partial charge is 0.328 e. The highest BCUT2D eigenvalue weighted by Gasteiger charge is 2.31. The van der Waals surface area contributed by atoms with E-state index in [4.69, 9.17) is 5.73 Å². The monoisotopic (exact) mass is 253 g/mol. The molecule has 1 heterocycles. The summed E-state index contributed by atoms with van der Waals surface area (Å²) in [6.45, 7) is 13.1. The third-order valence-corrected chi connectivity index (χ3v) is 4.16. The van der Waals surface area contributed by atoms with Gasteiger partial charge in [0.05, 0.1) is 0 Å². The first-order chi connectivity index (χ1) is 8.44. The summed E-state index contributed by atoms with van der Waals surface area (Å²) >= 11 is 0. The number of nitrogens with two attached hydrogens (primary N) is 1. The lowest BCUT2D eigenvalue weighted by molar-refractivity contribution is 0.122. The molecule has 0 bridgehead atoms. The molecule has 106 valence electrons. The van der Waals surface area contributed by atoms with E-state index in [2.05, 4.69) is 30.6 Å². The molecule has 0 aromatic heterocycles. The normalized spacial score (nSPS) is 25.3. The number of piperazine rings is 1. The van der Waals surface area contributed by atoms with Crippen molar-refractivity contribution in [3.05, 3.63) is 0 Å². The molecule has 0 amide bonds. The first-order valence-electron chi connectivity index (χ1n) is 7.66. The summed E-state index contributed by atoms with van der Waals surface area (Å²) < 4.78 is 0. The van der Waals surface area contributed by atoms with E-state index in [1.54, 1.807) is 0 Å². The second kappa shape index (κ2) is 5.89. The van der Waals surface area contributed by atoms with Crippen LogP contribution in [0.1, 0.15) is 46.5 Å². The maximum absolute atomic E-state index is 6.23. The molecule has 1 atom stereocenters. The average molecular weight is 253 g/mol. The van der Waals surface area contributed by atoms with Gasteiger partial charge in [0, 0.05) is 38.3 Å². The lowest BCUT2D eigenvalue weighted by Crippen LogP contribution is -2.48. The SMILES string of the molecule is CC(C)(C)CC(N)CCN1CCN(C2CC2)CC1. The molecule has 1 aliphatic heterocycles. The summed E-state index contributed by atoms with van der Waals surface area (Å²) in [6.07, 6.45) is 5.17. The van der Waals surface area contributed by atoms with Gasteiger partial charge in [-0.15, -0.1) is 0 Å². The highest BCUT2D eigenvalue weighted by molar-refractivity contribution is 4.87. The van der Waals surface area contributed by atoms with Crippen LogP contribution in [0.4, 0.5) is 0 Å². The van der Waals surface area contributed by atoms with Crippen molar-refractivity contribution in [1.82, 2.24) is 9.80 Å². The fraction of sp³-hybridized carbons (Fsp3) is 1.00. The van der Waals surface area contributed by atoms with Crippen LogP contribution in [0.3, 0.4) is 0 Å². The zero-order valence-electron chi connectivity index (χ0n) is 12.5. The fourth-order valence-corrected chi connectivity index (χ4v) is 3.03. The quantitative estimate of drug-likeness (QED) is 0.812. The van der Waals surface area contributed by atoms with Gasteiger partial charge in [0.15, 0.2) is 0 Å². The molecule has 1 saturated carbocycles. The smallest absolute Gasteiger partial charge is 0.0113 e. The van der Waals surface area contributed by atoms with Crippen LogP contribution in [0.2, 0.25) is 0 Å². The summed E-state index contributed by atoms with van der Waals surface area (Å²) in [5.74, 6) is 0. The van der Waals surface area contributed by atoms with Gasteiger partial charge in [0.1, 0.15) is 0 Å². The zero-order chi connectivity index (χ0) is 13.2. The number of hydrogen-bond acceptors (Lipinski definition) is 3. The second-order valence-electron chi connectivity index (χ2n) is 7.42. The van der Waals surface area contributed by atoms with Gasteiger partial charge in [-0.2, -0.15) is 0 Å². The van der Waals surface area contributed by atoms with Crippen LogP contribution in [-0.4, -0.2) is 54.6 Å². The van der Waals surface area contributed by atoms with Gasteiger partial charge in [-0.3, -0.25) is 4.90 Å². The van der Waals surface area contributed by atoms with E-state index < -0.39 is 0 Å². The molecular formula is C15H31N3. The molecule has 3 nitrogen and oxygen atoms in total. The first kappa shape index (κ1) is 14.3. The highest BCUT2D eigenvalue weighted by atomic mass is 15.3. The Labute approximate surface area is 113 Å². The summed E-state index contributed by atoms with van der Waals surface area (Å²) in [5, 5.41) is 0. The van der Waals surface area contributed by atoms with Crippen molar-refractivity contribution in [2.24, 2.45) is 11.1 Å². The van der Waals surface area contributed by atoms with Crippen LogP contribution >= 0.6 is 0 Å². The van der Waals surface area contributed by atoms with E-state index in [0.29, 0.717) is 11.5 Å². The van der Waals surface area contributed by atoms with Crippen molar-refractivity contribution in [2.45, 2.75) is 58.5 Å². The van der Waals surface area contributed by atoms with Crippen molar-refractivity contribution in [1.29, 1.82) is 0 Å². The Balaban J connectivity index is 1.59. The second-order valence-corrected chi connectivity index (χ2v) is 7.42. The summed E-state index contributed by atoms with van der Waals surface area (Å²) in [4.78, 5) is 5.27. The lowest BCUT2D eigenvalue weighted by Gasteiger charge is -2.35. The van der Waals surface area contributed by atoms with Gasteiger partial charge >= 0.3 is 0 Å². The first-order valence-corrected chi connectivity index (χ1v) is 7.66. The minimum atomic E-state index is 0.365. The van der Waals surface area contributed by atoms with Crippen LogP contribution in [-0.2, 0) is 0 Å². The molecule has 3 heteroatoms. The molecule has 2 aliphatic rings. The molecule has 2 fully saturated rings. The van der Waals surface area contributed by atoms with Gasteiger partial charge in [-0.05, 0) is 37.6 Å². The number of nitrogens with zero attached hydrogens (tertiary/aromatic N) is 2. The van der Waals surface area contributed by atoms with E-state index in [1.807, 2.05) is 0 Å². The molecule has 2 N–H and O–H groups in total. The molecular weight excluding hydrogens is 222 g/mol. The van der Waals surface area contributed by atoms with Crippen molar-refractivity contribution >= 4 is 0 Å². The van der Waals surface area contributed by atoms with Gasteiger partial charge < -0.3 is 10.6 Å². The van der Waals surface area contributed by atoms with Crippen molar-refractivity contribution in [3.63, 3.8) is 0 Å². The predicted octanol–water partition coefficient (Wildman–Crippen LogP) is 1.92. The Kier molecular flexibility index (Phi) is 4.68. The van der Waals surface area contributed by atoms with Crippen LogP contribution in [0.25, 0.3) is 0 Å². The van der Waals surface area contributed by atoms with E-state index >= 15 is 0 Å². The Morgan fingerprint density at radius 2 is 1.72 bits per heavy atom. The van der Waals surface area contributed by atoms with Gasteiger partial charge in [-0.25, -0.2) is 0 Å². The minimum absolute atomic E-state index is 0.365. The Morgan fingerprint density at radius 3 is 2.22 bits per heavy atom. The summed E-state index contributed by atoms with van der Waals surface area (Å²) in [6, 6.07) is 1.31. The maximum atomic E-state index is 6.23. The van der Waals surface area contributed by atoms with Crippen molar-refractivity contribution in [2.75, 3.05) is 32.7 Å². The fourth-order valence-electron chi connectivity index (χ4n) is 3.03. The zero-order valence-corrected chi connectivity index (χ0v) is 12.5. The van der Waals surface area contributed by atoms with Gasteiger partial charge in [0.2, 0.25) is 0 Å². The molecule has 0 aromatic rings. The van der Waals surface area contributed by atoms with Crippen LogP contribution < -0.4 is 5.73 Å². The third kappa shape index (κ3) is 4.87. The molecule has 18 heavy (non-hydrogen) atoms. The topological polar surface area (TPSA) is 32.5 Å². The number of hydrogen-bond donors (Lipinski definition) is 1. The molecule has 0 radical (unpaired) electrons. The Hall–Kier alpha value is -0.120. The molecule has 0 aromatic carbocycles. The molecule has 1 saturated heterocycles. The summed E-state index contributed by atoms with van der Waals surface area (Å²) in [7, 11) is 0. The summed E-state index contributed by atoms with van der Waals surface area (Å²) in [5.41, 5.74) is 6.59. The maximum Gasteiger partial charge on any atom is 0.0113 e. The van der Waals surface area contributed by atoms with Crippen LogP contribution in [0.15, 0.2) is 0 Å². The molecule has 0 spiro atoms. The van der Waals surface area contributed by atoms with Crippen molar-refractivity contribution in [3.8, 4) is 0 Å². The Bertz CT molecular complexity index is 247. The Morgan fingerprint density at radius 1 is 1.11 bits per heavy atom. The van der Waals surface area contributed by atoms with Crippen LogP contribution in [0.5, 0.6) is 0 Å². The molecule has 2 rings (SSSR count). The standard InChI is InChI=1S/C15H31N3/c1-15(2,3)12-13(16)6-7-17-8-10-18(11-9-17)14-4-5-14/h13-14H,4-12,16H2,1-3H3. The minimum Gasteiger partial charge on any atom is -0.328 e. The molecule has 1 aliphatic carbocycles. The van der Waals surface area contributed by atoms with E-state index in [-0.39, 0.29) is 0 Å². The van der Waals surface area contributed by atoms with E-state index in [0.717, 1.165) is 18.9 Å². The van der Waals surface area contributed by atoms with Gasteiger partial charge in [0.25, 0.3) is 0 Å².